The molecule has 2 N–H and O–H groups in total. The molecule has 0 saturated heterocycles. The summed E-state index contributed by atoms with van der Waals surface area (Å²) in [5.41, 5.74) is -0.609. The normalized spacial score (nSPS) is 13.4. The third kappa shape index (κ3) is 7.79. The van der Waals surface area contributed by atoms with Gasteiger partial charge in [0.25, 0.3) is 0 Å². The van der Waals surface area contributed by atoms with E-state index in [0.29, 0.717) is 19.8 Å². The monoisotopic (exact) mass is 274 g/mol. The molecule has 0 spiro atoms. The highest BCUT2D eigenvalue weighted by molar-refractivity contribution is 5.97. The number of amides is 1. The highest BCUT2D eigenvalue weighted by Crippen LogP contribution is 2.26. The molecule has 0 aromatic rings. The van der Waals surface area contributed by atoms with Crippen molar-refractivity contribution in [2.24, 2.45) is 11.3 Å². The quantitative estimate of drug-likeness (QED) is 0.495. The number of aliphatic carboxylic acids is 1. The predicted molar refractivity (Wildman–Crippen MR) is 73.0 cm³/mol. The molecule has 1 unspecified atom stereocenters. The summed E-state index contributed by atoms with van der Waals surface area (Å²) in [6, 6.07) is 0. The Morgan fingerprint density at radius 1 is 1.26 bits per heavy atom. The summed E-state index contributed by atoms with van der Waals surface area (Å²) < 4.78 is 5.32. The zero-order valence-corrected chi connectivity index (χ0v) is 12.5. The van der Waals surface area contributed by atoms with Gasteiger partial charge in [0, 0.05) is 13.1 Å². The number of nitrogens with zero attached hydrogens (tertiary/aromatic N) is 1. The molecule has 0 aliphatic carbocycles. The van der Waals surface area contributed by atoms with Gasteiger partial charge in [-0.2, -0.15) is 0 Å². The second-order valence-electron chi connectivity index (χ2n) is 5.84. The Bertz CT molecular complexity index is 298. The molecule has 0 rings (SSSR count). The van der Waals surface area contributed by atoms with Gasteiger partial charge >= 0.3 is 5.97 Å². The number of ether oxygens (including phenoxy) is 1. The van der Waals surface area contributed by atoms with Crippen molar-refractivity contribution < 1.29 is 19.4 Å². The van der Waals surface area contributed by atoms with E-state index in [2.05, 4.69) is 5.32 Å². The van der Waals surface area contributed by atoms with Crippen molar-refractivity contribution in [2.45, 2.75) is 20.8 Å². The first kappa shape index (κ1) is 17.9. The molecule has 0 aromatic heterocycles. The molecule has 112 valence electrons. The van der Waals surface area contributed by atoms with Gasteiger partial charge in [-0.25, -0.2) is 0 Å². The summed E-state index contributed by atoms with van der Waals surface area (Å²) >= 11 is 0. The van der Waals surface area contributed by atoms with Crippen molar-refractivity contribution in [3.8, 4) is 0 Å². The number of hydrogen-bond acceptors (Lipinski definition) is 4. The molecule has 0 radical (unpaired) electrons. The van der Waals surface area contributed by atoms with Gasteiger partial charge in [0.05, 0.1) is 13.2 Å². The second-order valence-corrected chi connectivity index (χ2v) is 5.84. The van der Waals surface area contributed by atoms with E-state index in [1.54, 1.807) is 20.8 Å². The second kappa shape index (κ2) is 8.12. The minimum absolute atomic E-state index is 0.326. The number of likely N-dealkylation sites (N-methyl/N-ethyl adjacent to an activating group) is 1. The summed E-state index contributed by atoms with van der Waals surface area (Å²) in [7, 11) is 3.90. The Balaban J connectivity index is 3.99. The van der Waals surface area contributed by atoms with Gasteiger partial charge in [-0.05, 0) is 19.5 Å². The molecule has 0 saturated carbocycles. The summed E-state index contributed by atoms with van der Waals surface area (Å²) in [5.74, 6) is -2.61. The Morgan fingerprint density at radius 3 is 2.26 bits per heavy atom. The van der Waals surface area contributed by atoms with Gasteiger partial charge < -0.3 is 20.1 Å². The average Bonchev–Trinajstić information content (AvgIpc) is 2.19. The lowest BCUT2D eigenvalue weighted by Crippen LogP contribution is -2.43. The average molecular weight is 274 g/mol. The van der Waals surface area contributed by atoms with Gasteiger partial charge in [-0.1, -0.05) is 20.8 Å². The minimum Gasteiger partial charge on any atom is -0.481 e. The molecule has 0 aliphatic heterocycles. The number of hydrogen-bond donors (Lipinski definition) is 2. The summed E-state index contributed by atoms with van der Waals surface area (Å²) in [5, 5.41) is 11.7. The Hall–Kier alpha value is -1.14. The smallest absolute Gasteiger partial charge is 0.316 e. The van der Waals surface area contributed by atoms with Crippen molar-refractivity contribution in [1.82, 2.24) is 10.2 Å². The van der Waals surface area contributed by atoms with E-state index in [4.69, 9.17) is 9.84 Å². The fourth-order valence-corrected chi connectivity index (χ4v) is 1.57. The maximum absolute atomic E-state index is 11.8. The maximum Gasteiger partial charge on any atom is 0.316 e. The summed E-state index contributed by atoms with van der Waals surface area (Å²) in [6.45, 7) is 7.32. The summed E-state index contributed by atoms with van der Waals surface area (Å²) in [6.07, 6.45) is 0. The molecule has 1 amide bonds. The van der Waals surface area contributed by atoms with Crippen LogP contribution in [0.1, 0.15) is 20.8 Å². The van der Waals surface area contributed by atoms with Gasteiger partial charge in [-0.15, -0.1) is 0 Å². The van der Waals surface area contributed by atoms with E-state index in [9.17, 15) is 9.59 Å². The molecule has 0 bridgehead atoms. The van der Waals surface area contributed by atoms with Crippen LogP contribution in [0.25, 0.3) is 0 Å². The van der Waals surface area contributed by atoms with Crippen LogP contribution in [0, 0.1) is 11.3 Å². The highest BCUT2D eigenvalue weighted by Gasteiger charge is 2.37. The Kier molecular flexibility index (Phi) is 7.63. The number of carboxylic acids is 1. The lowest BCUT2D eigenvalue weighted by Gasteiger charge is -2.25. The predicted octanol–water partition coefficient (Wildman–Crippen LogP) is 0.428. The van der Waals surface area contributed by atoms with E-state index < -0.39 is 23.2 Å². The molecule has 19 heavy (non-hydrogen) atoms. The van der Waals surface area contributed by atoms with Gasteiger partial charge in [0.1, 0.15) is 5.92 Å². The molecule has 0 aliphatic rings. The number of rotatable bonds is 8. The number of carbonyl (C=O) groups excluding carboxylic acids is 1. The van der Waals surface area contributed by atoms with Gasteiger partial charge in [-0.3, -0.25) is 9.59 Å². The molecular formula is C13H26N2O4. The number of carbonyl (C=O) groups is 2. The van der Waals surface area contributed by atoms with Crippen LogP contribution in [0.5, 0.6) is 0 Å². The SMILES string of the molecule is CN(C)CCOCCNC(=O)C(C(=O)O)C(C)(C)C. The fraction of sp³-hybridized carbons (Fsp3) is 0.846. The fourth-order valence-electron chi connectivity index (χ4n) is 1.57. The highest BCUT2D eigenvalue weighted by atomic mass is 16.5. The van der Waals surface area contributed by atoms with Crippen LogP contribution in [0.15, 0.2) is 0 Å². The van der Waals surface area contributed by atoms with Crippen LogP contribution in [0.3, 0.4) is 0 Å². The van der Waals surface area contributed by atoms with Crippen LogP contribution in [0.2, 0.25) is 0 Å². The topological polar surface area (TPSA) is 78.9 Å². The third-order valence-corrected chi connectivity index (χ3v) is 2.60. The van der Waals surface area contributed by atoms with Gasteiger partial charge in [0.2, 0.25) is 5.91 Å². The van der Waals surface area contributed by atoms with Crippen molar-refractivity contribution in [2.75, 3.05) is 40.4 Å². The van der Waals surface area contributed by atoms with Crippen LogP contribution in [-0.2, 0) is 14.3 Å². The van der Waals surface area contributed by atoms with Crippen molar-refractivity contribution in [3.05, 3.63) is 0 Å². The minimum atomic E-state index is -1.10. The zero-order chi connectivity index (χ0) is 15.1. The number of nitrogens with one attached hydrogen (secondary N) is 1. The Morgan fingerprint density at radius 2 is 1.84 bits per heavy atom. The zero-order valence-electron chi connectivity index (χ0n) is 12.5. The standard InChI is InChI=1S/C13H26N2O4/c1-13(2,3)10(12(17)18)11(16)14-6-8-19-9-7-15(4)5/h10H,6-9H2,1-5H3,(H,14,16)(H,17,18). The van der Waals surface area contributed by atoms with E-state index in [1.165, 1.54) is 0 Å². The lowest BCUT2D eigenvalue weighted by molar-refractivity contribution is -0.151. The van der Waals surface area contributed by atoms with Crippen LogP contribution >= 0.6 is 0 Å². The van der Waals surface area contributed by atoms with Crippen molar-refractivity contribution in [3.63, 3.8) is 0 Å². The largest absolute Gasteiger partial charge is 0.481 e. The lowest BCUT2D eigenvalue weighted by atomic mass is 9.80. The summed E-state index contributed by atoms with van der Waals surface area (Å²) in [4.78, 5) is 24.9. The molecule has 6 heteroatoms. The van der Waals surface area contributed by atoms with E-state index >= 15 is 0 Å². The molecule has 1 atom stereocenters. The van der Waals surface area contributed by atoms with Crippen molar-refractivity contribution >= 4 is 11.9 Å². The molecule has 0 fully saturated rings. The first-order valence-electron chi connectivity index (χ1n) is 6.39. The van der Waals surface area contributed by atoms with Crippen LogP contribution in [0.4, 0.5) is 0 Å². The van der Waals surface area contributed by atoms with E-state index in [-0.39, 0.29) is 0 Å². The first-order valence-corrected chi connectivity index (χ1v) is 6.39. The first-order chi connectivity index (χ1) is 8.66. The van der Waals surface area contributed by atoms with E-state index in [1.807, 2.05) is 19.0 Å². The van der Waals surface area contributed by atoms with Crippen molar-refractivity contribution in [1.29, 1.82) is 0 Å². The molecular weight excluding hydrogens is 248 g/mol. The van der Waals surface area contributed by atoms with E-state index in [0.717, 1.165) is 6.54 Å². The third-order valence-electron chi connectivity index (χ3n) is 2.60. The molecule has 0 aromatic carbocycles. The Labute approximate surface area is 115 Å². The van der Waals surface area contributed by atoms with Crippen LogP contribution in [-0.4, -0.2) is 62.3 Å². The van der Waals surface area contributed by atoms with Crippen LogP contribution < -0.4 is 5.32 Å². The molecule has 6 nitrogen and oxygen atoms in total. The van der Waals surface area contributed by atoms with Gasteiger partial charge in [0.15, 0.2) is 0 Å². The number of carboxylic acid groups (broad SMARTS) is 1. The maximum atomic E-state index is 11.8. The molecule has 0 heterocycles.